The maximum atomic E-state index is 13.0. The largest absolute Gasteiger partial charge is 0.477 e. The highest BCUT2D eigenvalue weighted by molar-refractivity contribution is 5.71. The maximum absolute atomic E-state index is 13.0. The Hall–Kier alpha value is -4.31. The fourth-order valence-electron chi connectivity index (χ4n) is 12.0. The third-order valence-corrected chi connectivity index (χ3v) is 18.2. The van der Waals surface area contributed by atoms with Crippen molar-refractivity contribution in [3.8, 4) is 0 Å². The van der Waals surface area contributed by atoms with E-state index in [1.54, 1.807) is 0 Å². The lowest BCUT2D eigenvalue weighted by atomic mass is 10.0. The number of carbonyl (C=O) groups excluding carboxylic acids is 2. The van der Waals surface area contributed by atoms with Crippen molar-refractivity contribution in [1.82, 2.24) is 0 Å². The summed E-state index contributed by atoms with van der Waals surface area (Å²) in [7, 11) is 5.99. The van der Waals surface area contributed by atoms with E-state index in [-0.39, 0.29) is 32.2 Å². The number of hydrogen-bond acceptors (Lipinski definition) is 7. The van der Waals surface area contributed by atoms with Gasteiger partial charge in [0, 0.05) is 12.8 Å². The lowest BCUT2D eigenvalue weighted by molar-refractivity contribution is -0.870. The standard InChI is InChI=1S/C90H157NO8/c1-6-8-10-12-14-16-18-20-22-24-26-28-30-32-34-36-38-40-41-42-43-44-45-46-47-49-50-52-54-56-58-60-62-64-66-68-70-72-74-76-78-80-87(92)97-84-86(85-98-90(89(94)95)96-83-82-91(3,4)5)99-88(93)81-79-77-75-73-71-69-67-65-63-61-59-57-55-53-51-48-39-37-35-33-31-29-27-25-23-21-19-17-15-13-11-9-7-2/h8-11,14-17,20-23,26-29,33,35,39,48,86,90H,6-7,12-13,18-19,24-25,30-32,34,36-38,40-47,49-85H2,1-5H3/p+1/b10-8-,11-9-,16-14-,17-15-,22-20-,23-21-,28-26-,29-27-,35-33-,48-39-. The highest BCUT2D eigenvalue weighted by Gasteiger charge is 2.25. The Balaban J connectivity index is 3.96. The van der Waals surface area contributed by atoms with Crippen molar-refractivity contribution in [3.05, 3.63) is 122 Å². The Bertz CT molecular complexity index is 2050. The molecule has 1 N–H and O–H groups in total. The minimum absolute atomic E-state index is 0.182. The van der Waals surface area contributed by atoms with Crippen LogP contribution in [-0.2, 0) is 33.3 Å². The van der Waals surface area contributed by atoms with Gasteiger partial charge in [0.2, 0.25) is 0 Å². The molecule has 0 spiro atoms. The molecule has 0 amide bonds. The normalized spacial score (nSPS) is 13.3. The van der Waals surface area contributed by atoms with Crippen molar-refractivity contribution in [3.63, 3.8) is 0 Å². The number of likely N-dealkylation sites (N-methyl/N-ethyl adjacent to an activating group) is 1. The number of hydrogen-bond donors (Lipinski definition) is 1. The highest BCUT2D eigenvalue weighted by atomic mass is 16.7. The minimum atomic E-state index is -1.51. The van der Waals surface area contributed by atoms with E-state index >= 15 is 0 Å². The second kappa shape index (κ2) is 79.4. The van der Waals surface area contributed by atoms with Gasteiger partial charge in [-0.1, -0.05) is 379 Å². The number of carboxylic acids is 1. The van der Waals surface area contributed by atoms with Crippen LogP contribution in [0.5, 0.6) is 0 Å². The summed E-state index contributed by atoms with van der Waals surface area (Å²) in [5, 5.41) is 9.78. The van der Waals surface area contributed by atoms with Gasteiger partial charge in [0.15, 0.2) is 6.10 Å². The first kappa shape index (κ1) is 94.7. The summed E-state index contributed by atoms with van der Waals surface area (Å²) in [5.74, 6) is -1.99. The van der Waals surface area contributed by atoms with E-state index in [4.69, 9.17) is 18.9 Å². The number of aliphatic carboxylic acids is 1. The molecule has 570 valence electrons. The SMILES string of the molecule is CC/C=C\C/C=C\C/C=C\C/C=C\C/C=C\C/C=C\CCCCCCCCCCCCCCCCC(=O)OC(COC(=O)CCCCCCCCCCCCCCCCCCCCCCCCCCCCCC/C=C\C/C=C\C/C=C\C/C=C\CC)COC(OCC[N+](C)(C)C)C(=O)O. The van der Waals surface area contributed by atoms with Gasteiger partial charge in [-0.25, -0.2) is 4.79 Å². The fourth-order valence-corrected chi connectivity index (χ4v) is 12.0. The average Bonchev–Trinajstić information content (AvgIpc) is 1.57. The number of nitrogens with zero attached hydrogens (tertiary/aromatic N) is 1. The quantitative estimate of drug-likeness (QED) is 0.0211. The van der Waals surface area contributed by atoms with Gasteiger partial charge in [-0.05, 0) is 103 Å². The van der Waals surface area contributed by atoms with Crippen LogP contribution in [0.3, 0.4) is 0 Å². The van der Waals surface area contributed by atoms with Gasteiger partial charge in [-0.3, -0.25) is 9.59 Å². The van der Waals surface area contributed by atoms with Gasteiger partial charge in [0.25, 0.3) is 6.29 Å². The van der Waals surface area contributed by atoms with E-state index in [1.165, 1.54) is 244 Å². The molecule has 0 bridgehead atoms. The molecule has 0 saturated carbocycles. The van der Waals surface area contributed by atoms with Gasteiger partial charge in [-0.2, -0.15) is 0 Å². The van der Waals surface area contributed by atoms with Crippen LogP contribution in [0, 0.1) is 0 Å². The topological polar surface area (TPSA) is 108 Å². The molecule has 0 aliphatic carbocycles. The summed E-state index contributed by atoms with van der Waals surface area (Å²) in [6.07, 6.45) is 111. The molecule has 0 radical (unpaired) electrons. The zero-order valence-corrected chi connectivity index (χ0v) is 65.4. The molecule has 0 heterocycles. The molecule has 0 rings (SSSR count). The number of esters is 2. The number of carboxylic acid groups (broad SMARTS) is 1. The van der Waals surface area contributed by atoms with E-state index in [0.717, 1.165) is 103 Å². The lowest BCUT2D eigenvalue weighted by Crippen LogP contribution is -2.40. The van der Waals surface area contributed by atoms with Crippen molar-refractivity contribution < 1.29 is 42.9 Å². The van der Waals surface area contributed by atoms with Crippen LogP contribution in [0.25, 0.3) is 0 Å². The number of allylic oxidation sites excluding steroid dienone is 20. The Morgan fingerprint density at radius 3 is 0.808 bits per heavy atom. The Labute approximate surface area is 612 Å². The first-order valence-corrected chi connectivity index (χ1v) is 41.7. The molecule has 9 nitrogen and oxygen atoms in total. The van der Waals surface area contributed by atoms with Crippen LogP contribution in [0.1, 0.15) is 373 Å². The molecule has 0 aromatic rings. The smallest absolute Gasteiger partial charge is 0.361 e. The van der Waals surface area contributed by atoms with Gasteiger partial charge < -0.3 is 28.5 Å². The maximum Gasteiger partial charge on any atom is 0.361 e. The zero-order chi connectivity index (χ0) is 71.8. The molecule has 0 saturated heterocycles. The zero-order valence-electron chi connectivity index (χ0n) is 65.4. The van der Waals surface area contributed by atoms with Gasteiger partial charge >= 0.3 is 17.9 Å². The Morgan fingerprint density at radius 1 is 0.303 bits per heavy atom. The number of rotatable bonds is 77. The van der Waals surface area contributed by atoms with Gasteiger partial charge in [0.05, 0.1) is 34.4 Å². The number of ether oxygens (including phenoxy) is 4. The van der Waals surface area contributed by atoms with Crippen LogP contribution < -0.4 is 0 Å². The summed E-state index contributed by atoms with van der Waals surface area (Å²) in [6, 6.07) is 0. The van der Waals surface area contributed by atoms with Crippen molar-refractivity contribution >= 4 is 17.9 Å². The summed E-state index contributed by atoms with van der Waals surface area (Å²) in [6.45, 7) is 4.69. The van der Waals surface area contributed by atoms with Crippen LogP contribution in [0.15, 0.2) is 122 Å². The number of unbranched alkanes of at least 4 members (excludes halogenated alkanes) is 42. The monoisotopic (exact) mass is 1380 g/mol. The molecule has 0 aliphatic heterocycles. The summed E-state index contributed by atoms with van der Waals surface area (Å²) < 4.78 is 23.1. The molecule has 0 aromatic heterocycles. The second-order valence-electron chi connectivity index (χ2n) is 29.0. The van der Waals surface area contributed by atoms with Crippen LogP contribution in [0.4, 0.5) is 0 Å². The molecule has 0 aliphatic rings. The summed E-state index contributed by atoms with van der Waals surface area (Å²) in [5.41, 5.74) is 0. The predicted octanol–water partition coefficient (Wildman–Crippen LogP) is 27.0. The van der Waals surface area contributed by atoms with Crippen LogP contribution in [-0.4, -0.2) is 87.4 Å². The molecule has 2 unspecified atom stereocenters. The first-order valence-electron chi connectivity index (χ1n) is 41.7. The number of carbonyl (C=O) groups is 3. The first-order chi connectivity index (χ1) is 48.6. The van der Waals surface area contributed by atoms with Crippen molar-refractivity contribution in [2.24, 2.45) is 0 Å². The van der Waals surface area contributed by atoms with Gasteiger partial charge in [-0.15, -0.1) is 0 Å². The second-order valence-corrected chi connectivity index (χ2v) is 29.0. The van der Waals surface area contributed by atoms with Crippen LogP contribution in [0.2, 0.25) is 0 Å². The van der Waals surface area contributed by atoms with Gasteiger partial charge in [0.1, 0.15) is 13.2 Å². The van der Waals surface area contributed by atoms with Crippen molar-refractivity contribution in [2.45, 2.75) is 386 Å². The van der Waals surface area contributed by atoms with E-state index in [9.17, 15) is 19.5 Å². The summed E-state index contributed by atoms with van der Waals surface area (Å²) >= 11 is 0. The molecule has 9 heteroatoms. The van der Waals surface area contributed by atoms with E-state index in [2.05, 4.69) is 135 Å². The van der Waals surface area contributed by atoms with Crippen molar-refractivity contribution in [1.29, 1.82) is 0 Å². The molecular weight excluding hydrogens is 1220 g/mol. The lowest BCUT2D eigenvalue weighted by Gasteiger charge is -2.25. The third-order valence-electron chi connectivity index (χ3n) is 18.2. The number of quaternary nitrogens is 1. The molecule has 0 aromatic carbocycles. The molecule has 99 heavy (non-hydrogen) atoms. The fraction of sp³-hybridized carbons (Fsp3) is 0.744. The van der Waals surface area contributed by atoms with E-state index in [0.29, 0.717) is 17.4 Å². The molecule has 0 fully saturated rings. The summed E-state index contributed by atoms with van der Waals surface area (Å²) in [4.78, 5) is 37.8. The van der Waals surface area contributed by atoms with E-state index < -0.39 is 24.3 Å². The highest BCUT2D eigenvalue weighted by Crippen LogP contribution is 2.19. The molecular formula is C90H158NO8+. The van der Waals surface area contributed by atoms with Crippen LogP contribution >= 0.6 is 0 Å². The molecule has 2 atom stereocenters. The van der Waals surface area contributed by atoms with Crippen molar-refractivity contribution in [2.75, 3.05) is 47.5 Å². The average molecular weight is 1380 g/mol. The van der Waals surface area contributed by atoms with E-state index in [1.807, 2.05) is 21.1 Å². The third kappa shape index (κ3) is 80.9. The Morgan fingerprint density at radius 2 is 0.545 bits per heavy atom. The minimum Gasteiger partial charge on any atom is -0.477 e. The predicted molar refractivity (Wildman–Crippen MR) is 428 cm³/mol. The Kier molecular flexibility index (Phi) is 75.9.